The lowest BCUT2D eigenvalue weighted by Gasteiger charge is -2.19. The van der Waals surface area contributed by atoms with Crippen LogP contribution >= 0.6 is 0 Å². The minimum Gasteiger partial charge on any atom is -0.465 e. The molecule has 1 heterocycles. The van der Waals surface area contributed by atoms with E-state index >= 15 is 0 Å². The number of ether oxygens (including phenoxy) is 2. The lowest BCUT2D eigenvalue weighted by molar-refractivity contribution is -0.150. The first-order chi connectivity index (χ1) is 8.72. The van der Waals surface area contributed by atoms with Gasteiger partial charge in [0.15, 0.2) is 0 Å². The summed E-state index contributed by atoms with van der Waals surface area (Å²) in [6.07, 6.45) is 3.18. The molecule has 4 nitrogen and oxygen atoms in total. The highest BCUT2D eigenvalue weighted by molar-refractivity contribution is 5.73. The Morgan fingerprint density at radius 2 is 2.06 bits per heavy atom. The van der Waals surface area contributed by atoms with E-state index in [9.17, 15) is 4.79 Å². The molecular weight excluding hydrogens is 230 g/mol. The van der Waals surface area contributed by atoms with Crippen LogP contribution < -0.4 is 5.32 Å². The fraction of sp³-hybridized carbons (Fsp3) is 0.929. The average molecular weight is 257 g/mol. The predicted octanol–water partition coefficient (Wildman–Crippen LogP) is 1.98. The molecule has 0 aromatic rings. The molecule has 1 fully saturated rings. The molecule has 0 saturated carbocycles. The molecule has 0 aromatic heterocycles. The molecule has 106 valence electrons. The van der Waals surface area contributed by atoms with Crippen LogP contribution in [0.5, 0.6) is 0 Å². The normalized spacial score (nSPS) is 23.6. The maximum Gasteiger partial charge on any atom is 0.312 e. The molecule has 2 atom stereocenters. The second-order valence-corrected chi connectivity index (χ2v) is 5.02. The van der Waals surface area contributed by atoms with E-state index in [1.165, 1.54) is 0 Å². The molecule has 1 aliphatic heterocycles. The number of hydrogen-bond acceptors (Lipinski definition) is 4. The van der Waals surface area contributed by atoms with Crippen LogP contribution in [0.4, 0.5) is 0 Å². The van der Waals surface area contributed by atoms with Crippen molar-refractivity contribution in [3.05, 3.63) is 0 Å². The molecule has 4 heteroatoms. The maximum atomic E-state index is 12.0. The van der Waals surface area contributed by atoms with Gasteiger partial charge in [-0.15, -0.1) is 0 Å². The van der Waals surface area contributed by atoms with E-state index < -0.39 is 0 Å². The molecule has 1 rings (SSSR count). The van der Waals surface area contributed by atoms with Gasteiger partial charge in [-0.3, -0.25) is 4.79 Å². The van der Waals surface area contributed by atoms with Crippen LogP contribution in [-0.2, 0) is 14.3 Å². The van der Waals surface area contributed by atoms with Gasteiger partial charge in [0.1, 0.15) is 0 Å². The zero-order valence-electron chi connectivity index (χ0n) is 11.9. The van der Waals surface area contributed by atoms with Crippen LogP contribution in [0.25, 0.3) is 0 Å². The Bertz CT molecular complexity index is 241. The van der Waals surface area contributed by atoms with E-state index in [-0.39, 0.29) is 17.9 Å². The smallest absolute Gasteiger partial charge is 0.312 e. The summed E-state index contributed by atoms with van der Waals surface area (Å²) in [5.41, 5.74) is 0. The third-order valence-corrected chi connectivity index (χ3v) is 3.66. The summed E-state index contributed by atoms with van der Waals surface area (Å²) in [5, 5.41) is 3.35. The highest BCUT2D eigenvalue weighted by Crippen LogP contribution is 2.17. The Balaban J connectivity index is 2.35. The molecule has 0 amide bonds. The van der Waals surface area contributed by atoms with Gasteiger partial charge in [-0.25, -0.2) is 0 Å². The minimum absolute atomic E-state index is 0.104. The van der Waals surface area contributed by atoms with Crippen LogP contribution in [-0.4, -0.2) is 38.4 Å². The zero-order valence-corrected chi connectivity index (χ0v) is 11.9. The van der Waals surface area contributed by atoms with Gasteiger partial charge in [-0.05, 0) is 18.9 Å². The summed E-state index contributed by atoms with van der Waals surface area (Å²) in [6, 6.07) is 0.124. The quantitative estimate of drug-likeness (QED) is 0.675. The molecular formula is C14H27NO3. The molecule has 1 saturated heterocycles. The first-order valence-corrected chi connectivity index (χ1v) is 7.20. The average Bonchev–Trinajstić information content (AvgIpc) is 2.85. The van der Waals surface area contributed by atoms with Crippen molar-refractivity contribution in [2.75, 3.05) is 26.4 Å². The number of rotatable bonds is 8. The van der Waals surface area contributed by atoms with Gasteiger partial charge in [0.2, 0.25) is 0 Å². The van der Waals surface area contributed by atoms with Crippen LogP contribution in [0.3, 0.4) is 0 Å². The van der Waals surface area contributed by atoms with Crippen molar-refractivity contribution < 1.29 is 14.3 Å². The van der Waals surface area contributed by atoms with E-state index in [2.05, 4.69) is 26.1 Å². The Morgan fingerprint density at radius 1 is 1.33 bits per heavy atom. The van der Waals surface area contributed by atoms with Gasteiger partial charge in [0.25, 0.3) is 0 Å². The van der Waals surface area contributed by atoms with E-state index in [0.717, 1.165) is 25.8 Å². The topological polar surface area (TPSA) is 47.6 Å². The first kappa shape index (κ1) is 15.4. The number of hydrogen-bond donors (Lipinski definition) is 1. The predicted molar refractivity (Wildman–Crippen MR) is 71.4 cm³/mol. The van der Waals surface area contributed by atoms with Crippen LogP contribution in [0.15, 0.2) is 0 Å². The number of esters is 1. The molecule has 0 aliphatic carbocycles. The van der Waals surface area contributed by atoms with Gasteiger partial charge < -0.3 is 14.8 Å². The summed E-state index contributed by atoms with van der Waals surface area (Å²) >= 11 is 0. The van der Waals surface area contributed by atoms with Gasteiger partial charge >= 0.3 is 5.97 Å². The van der Waals surface area contributed by atoms with Gasteiger partial charge in [-0.2, -0.15) is 0 Å². The third kappa shape index (κ3) is 4.58. The molecule has 2 unspecified atom stereocenters. The third-order valence-electron chi connectivity index (χ3n) is 3.66. The van der Waals surface area contributed by atoms with Crippen LogP contribution in [0, 0.1) is 11.8 Å². The summed E-state index contributed by atoms with van der Waals surface area (Å²) in [4.78, 5) is 12.0. The van der Waals surface area contributed by atoms with Crippen molar-refractivity contribution in [1.82, 2.24) is 5.32 Å². The van der Waals surface area contributed by atoms with Crippen LogP contribution in [0.1, 0.15) is 40.0 Å². The van der Waals surface area contributed by atoms with Gasteiger partial charge in [-0.1, -0.05) is 33.6 Å². The highest BCUT2D eigenvalue weighted by atomic mass is 16.5. The lowest BCUT2D eigenvalue weighted by atomic mass is 10.0. The summed E-state index contributed by atoms with van der Waals surface area (Å²) in [7, 11) is 0. The Hall–Kier alpha value is -0.610. The van der Waals surface area contributed by atoms with Crippen molar-refractivity contribution in [3.63, 3.8) is 0 Å². The van der Waals surface area contributed by atoms with Crippen molar-refractivity contribution >= 4 is 5.97 Å². The van der Waals surface area contributed by atoms with Crippen molar-refractivity contribution in [3.8, 4) is 0 Å². The molecule has 0 radical (unpaired) electrons. The molecule has 0 aromatic carbocycles. The SMILES string of the molecule is CCCNC1COCC1C(=O)OCC(CC)CC. The summed E-state index contributed by atoms with van der Waals surface area (Å²) < 4.78 is 10.8. The lowest BCUT2D eigenvalue weighted by Crippen LogP contribution is -2.40. The number of carbonyl (C=O) groups excluding carboxylic acids is 1. The Morgan fingerprint density at radius 3 is 2.67 bits per heavy atom. The summed E-state index contributed by atoms with van der Waals surface area (Å²) in [6.45, 7) is 8.95. The van der Waals surface area contributed by atoms with Crippen molar-refractivity contribution in [2.24, 2.45) is 11.8 Å². The molecule has 0 spiro atoms. The van der Waals surface area contributed by atoms with Crippen molar-refractivity contribution in [1.29, 1.82) is 0 Å². The minimum atomic E-state index is -0.133. The maximum absolute atomic E-state index is 12.0. The molecule has 0 bridgehead atoms. The Kier molecular flexibility index (Phi) is 7.28. The van der Waals surface area contributed by atoms with E-state index in [0.29, 0.717) is 25.7 Å². The van der Waals surface area contributed by atoms with E-state index in [1.807, 2.05) is 0 Å². The molecule has 1 N–H and O–H groups in total. The number of nitrogens with one attached hydrogen (secondary N) is 1. The fourth-order valence-corrected chi connectivity index (χ4v) is 2.15. The second kappa shape index (κ2) is 8.48. The molecule has 18 heavy (non-hydrogen) atoms. The van der Waals surface area contributed by atoms with Crippen molar-refractivity contribution in [2.45, 2.75) is 46.1 Å². The highest BCUT2D eigenvalue weighted by Gasteiger charge is 2.34. The van der Waals surface area contributed by atoms with E-state index in [4.69, 9.17) is 9.47 Å². The standard InChI is InChI=1S/C14H27NO3/c1-4-7-15-13-10-17-9-12(13)14(16)18-8-11(5-2)6-3/h11-13,15H,4-10H2,1-3H3. The first-order valence-electron chi connectivity index (χ1n) is 7.20. The largest absolute Gasteiger partial charge is 0.465 e. The number of carbonyl (C=O) groups is 1. The summed E-state index contributed by atoms with van der Waals surface area (Å²) in [5.74, 6) is 0.247. The zero-order chi connectivity index (χ0) is 13.4. The van der Waals surface area contributed by atoms with Gasteiger partial charge in [0, 0.05) is 6.04 Å². The van der Waals surface area contributed by atoms with Gasteiger partial charge in [0.05, 0.1) is 25.7 Å². The molecule has 1 aliphatic rings. The van der Waals surface area contributed by atoms with Crippen LogP contribution in [0.2, 0.25) is 0 Å². The fourth-order valence-electron chi connectivity index (χ4n) is 2.15. The monoisotopic (exact) mass is 257 g/mol. The second-order valence-electron chi connectivity index (χ2n) is 5.02. The Labute approximate surface area is 110 Å². The van der Waals surface area contributed by atoms with E-state index in [1.54, 1.807) is 0 Å².